The molecule has 0 atom stereocenters. The topological polar surface area (TPSA) is 38.5 Å². The molecule has 0 fully saturated rings. The number of ether oxygens (including phenoxy) is 1. The van der Waals surface area contributed by atoms with Crippen LogP contribution in [0, 0.1) is 5.92 Å². The van der Waals surface area contributed by atoms with Crippen molar-refractivity contribution in [1.29, 1.82) is 0 Å². The number of thiocarbonyl (C=S) groups is 1. The average molecular weight is 294 g/mol. The highest BCUT2D eigenvalue weighted by Gasteiger charge is 2.05. The van der Waals surface area contributed by atoms with Crippen LogP contribution in [0.5, 0.6) is 5.75 Å². The number of hydrogen-bond donors (Lipinski definition) is 1. The molecule has 0 bridgehead atoms. The molecule has 0 heterocycles. The summed E-state index contributed by atoms with van der Waals surface area (Å²) >= 11 is 4.96. The van der Waals surface area contributed by atoms with E-state index in [0.717, 1.165) is 44.0 Å². The summed E-state index contributed by atoms with van der Waals surface area (Å²) in [6.07, 6.45) is 1.03. The van der Waals surface area contributed by atoms with Gasteiger partial charge in [-0.25, -0.2) is 0 Å². The van der Waals surface area contributed by atoms with E-state index >= 15 is 0 Å². The van der Waals surface area contributed by atoms with E-state index in [2.05, 4.69) is 25.7 Å². The maximum atomic E-state index is 5.75. The molecule has 0 aliphatic carbocycles. The second-order valence-electron chi connectivity index (χ2n) is 5.38. The fraction of sp³-hybridized carbons (Fsp3) is 0.562. The van der Waals surface area contributed by atoms with Gasteiger partial charge in [-0.3, -0.25) is 0 Å². The highest BCUT2D eigenvalue weighted by molar-refractivity contribution is 7.80. The van der Waals surface area contributed by atoms with Gasteiger partial charge in [-0.2, -0.15) is 0 Å². The molecule has 1 rings (SSSR count). The molecule has 112 valence electrons. The first-order chi connectivity index (χ1) is 9.52. The minimum Gasteiger partial charge on any atom is -0.494 e. The summed E-state index contributed by atoms with van der Waals surface area (Å²) in [5.74, 6) is 1.54. The largest absolute Gasteiger partial charge is 0.494 e. The van der Waals surface area contributed by atoms with Gasteiger partial charge in [0.05, 0.1) is 6.61 Å². The number of hydrogen-bond acceptors (Lipinski definition) is 3. The first kappa shape index (κ1) is 16.9. The van der Waals surface area contributed by atoms with Crippen LogP contribution in [0.2, 0.25) is 0 Å². The van der Waals surface area contributed by atoms with Crippen molar-refractivity contribution >= 4 is 17.2 Å². The van der Waals surface area contributed by atoms with Gasteiger partial charge in [0.25, 0.3) is 0 Å². The van der Waals surface area contributed by atoms with Gasteiger partial charge in [0.2, 0.25) is 0 Å². The fourth-order valence-corrected chi connectivity index (χ4v) is 2.24. The molecular formula is C16H26N2OS. The molecule has 1 aromatic carbocycles. The van der Waals surface area contributed by atoms with Crippen molar-refractivity contribution in [3.63, 3.8) is 0 Å². The molecule has 2 N–H and O–H groups in total. The van der Waals surface area contributed by atoms with Crippen molar-refractivity contribution in [2.75, 3.05) is 26.2 Å². The molecule has 0 aliphatic heterocycles. The Labute approximate surface area is 128 Å². The molecule has 3 nitrogen and oxygen atoms in total. The lowest BCUT2D eigenvalue weighted by atomic mass is 10.2. The Kier molecular flexibility index (Phi) is 7.55. The van der Waals surface area contributed by atoms with E-state index in [1.54, 1.807) is 0 Å². The Morgan fingerprint density at radius 3 is 2.75 bits per heavy atom. The molecule has 4 heteroatoms. The van der Waals surface area contributed by atoms with Crippen molar-refractivity contribution in [2.24, 2.45) is 11.7 Å². The highest BCUT2D eigenvalue weighted by Crippen LogP contribution is 2.13. The summed E-state index contributed by atoms with van der Waals surface area (Å²) in [5, 5.41) is 0. The van der Waals surface area contributed by atoms with E-state index in [1.165, 1.54) is 0 Å². The van der Waals surface area contributed by atoms with Crippen LogP contribution in [-0.2, 0) is 0 Å². The van der Waals surface area contributed by atoms with Crippen LogP contribution in [0.4, 0.5) is 0 Å². The Balaban J connectivity index is 2.33. The lowest BCUT2D eigenvalue weighted by Crippen LogP contribution is -2.29. The van der Waals surface area contributed by atoms with Crippen molar-refractivity contribution < 1.29 is 4.74 Å². The standard InChI is InChI=1S/C16H26N2OS/c1-4-18(12-13(2)3)9-6-10-19-15-8-5-7-14(11-15)16(17)20/h5,7-8,11,13H,4,6,9-10,12H2,1-3H3,(H2,17,20). The van der Waals surface area contributed by atoms with Crippen LogP contribution in [0.3, 0.4) is 0 Å². The predicted octanol–water partition coefficient (Wildman–Crippen LogP) is 3.07. The molecule has 0 amide bonds. The van der Waals surface area contributed by atoms with Crippen molar-refractivity contribution in [1.82, 2.24) is 4.90 Å². The zero-order valence-electron chi connectivity index (χ0n) is 12.8. The van der Waals surface area contributed by atoms with Crippen LogP contribution >= 0.6 is 12.2 Å². The summed E-state index contributed by atoms with van der Waals surface area (Å²) < 4.78 is 5.75. The first-order valence-corrected chi connectivity index (χ1v) is 7.68. The summed E-state index contributed by atoms with van der Waals surface area (Å²) in [5.41, 5.74) is 6.46. The van der Waals surface area contributed by atoms with E-state index in [9.17, 15) is 0 Å². The number of nitrogens with two attached hydrogens (primary N) is 1. The molecule has 0 unspecified atom stereocenters. The normalized spacial score (nSPS) is 11.1. The van der Waals surface area contributed by atoms with Gasteiger partial charge >= 0.3 is 0 Å². The average Bonchev–Trinajstić information content (AvgIpc) is 2.42. The Morgan fingerprint density at radius 1 is 1.40 bits per heavy atom. The van der Waals surface area contributed by atoms with E-state index < -0.39 is 0 Å². The third kappa shape index (κ3) is 6.35. The zero-order chi connectivity index (χ0) is 15.0. The second kappa shape index (κ2) is 8.93. The van der Waals surface area contributed by atoms with Crippen molar-refractivity contribution in [3.8, 4) is 5.75 Å². The summed E-state index contributed by atoms with van der Waals surface area (Å²) in [6.45, 7) is 10.7. The smallest absolute Gasteiger partial charge is 0.119 e. The molecular weight excluding hydrogens is 268 g/mol. The van der Waals surface area contributed by atoms with E-state index in [-0.39, 0.29) is 0 Å². The first-order valence-electron chi connectivity index (χ1n) is 7.28. The van der Waals surface area contributed by atoms with Crippen molar-refractivity contribution in [2.45, 2.75) is 27.2 Å². The van der Waals surface area contributed by atoms with Gasteiger partial charge in [-0.15, -0.1) is 0 Å². The maximum absolute atomic E-state index is 5.75. The lowest BCUT2D eigenvalue weighted by molar-refractivity contribution is 0.224. The quantitative estimate of drug-likeness (QED) is 0.561. The molecule has 0 radical (unpaired) electrons. The van der Waals surface area contributed by atoms with Gasteiger partial charge in [-0.05, 0) is 31.0 Å². The van der Waals surface area contributed by atoms with Crippen LogP contribution in [0.15, 0.2) is 24.3 Å². The summed E-state index contributed by atoms with van der Waals surface area (Å²) in [7, 11) is 0. The molecule has 1 aromatic rings. The van der Waals surface area contributed by atoms with Crippen LogP contribution in [-0.4, -0.2) is 36.1 Å². The minimum atomic E-state index is 0.407. The zero-order valence-corrected chi connectivity index (χ0v) is 13.6. The molecule has 20 heavy (non-hydrogen) atoms. The van der Waals surface area contributed by atoms with Crippen LogP contribution in [0.25, 0.3) is 0 Å². The Bertz CT molecular complexity index is 421. The summed E-state index contributed by atoms with van der Waals surface area (Å²) in [4.78, 5) is 2.86. The van der Waals surface area contributed by atoms with Gasteiger partial charge in [0, 0.05) is 18.7 Å². The molecule has 0 saturated carbocycles. The number of rotatable bonds is 9. The Hall–Kier alpha value is -1.13. The van der Waals surface area contributed by atoms with Gasteiger partial charge in [0.15, 0.2) is 0 Å². The predicted molar refractivity (Wildman–Crippen MR) is 89.4 cm³/mol. The van der Waals surface area contributed by atoms with E-state index in [0.29, 0.717) is 10.9 Å². The van der Waals surface area contributed by atoms with Crippen LogP contribution < -0.4 is 10.5 Å². The van der Waals surface area contributed by atoms with Gasteiger partial charge in [0.1, 0.15) is 10.7 Å². The molecule has 0 spiro atoms. The SMILES string of the molecule is CCN(CCCOc1cccc(C(N)=S)c1)CC(C)C. The number of benzene rings is 1. The Morgan fingerprint density at radius 2 is 2.15 bits per heavy atom. The molecule has 0 aromatic heterocycles. The third-order valence-electron chi connectivity index (χ3n) is 3.08. The second-order valence-corrected chi connectivity index (χ2v) is 5.82. The van der Waals surface area contributed by atoms with E-state index in [1.807, 2.05) is 24.3 Å². The van der Waals surface area contributed by atoms with Crippen LogP contribution in [0.1, 0.15) is 32.8 Å². The molecule has 0 aliphatic rings. The summed E-state index contributed by atoms with van der Waals surface area (Å²) in [6, 6.07) is 7.65. The minimum absolute atomic E-state index is 0.407. The van der Waals surface area contributed by atoms with Gasteiger partial charge in [-0.1, -0.05) is 45.1 Å². The van der Waals surface area contributed by atoms with Gasteiger partial charge < -0.3 is 15.4 Å². The lowest BCUT2D eigenvalue weighted by Gasteiger charge is -2.22. The molecule has 0 saturated heterocycles. The number of nitrogens with zero attached hydrogens (tertiary/aromatic N) is 1. The monoisotopic (exact) mass is 294 g/mol. The fourth-order valence-electron chi connectivity index (χ4n) is 2.11. The third-order valence-corrected chi connectivity index (χ3v) is 3.31. The van der Waals surface area contributed by atoms with E-state index in [4.69, 9.17) is 22.7 Å². The highest BCUT2D eigenvalue weighted by atomic mass is 32.1. The maximum Gasteiger partial charge on any atom is 0.119 e. The van der Waals surface area contributed by atoms with Crippen molar-refractivity contribution in [3.05, 3.63) is 29.8 Å².